The highest BCUT2D eigenvalue weighted by Gasteiger charge is 2.08. The Balaban J connectivity index is 2.38. The van der Waals surface area contributed by atoms with Crippen molar-refractivity contribution in [1.29, 1.82) is 0 Å². The number of benzene rings is 1. The van der Waals surface area contributed by atoms with E-state index in [1.807, 2.05) is 26.0 Å². The van der Waals surface area contributed by atoms with Crippen molar-refractivity contribution in [2.45, 2.75) is 25.9 Å². The van der Waals surface area contributed by atoms with Gasteiger partial charge in [-0.2, -0.15) is 0 Å². The zero-order chi connectivity index (χ0) is 11.3. The minimum Gasteiger partial charge on any atom is -0.497 e. The molecule has 0 saturated heterocycles. The van der Waals surface area contributed by atoms with Crippen LogP contribution in [-0.4, -0.2) is 19.2 Å². The van der Waals surface area contributed by atoms with E-state index in [-0.39, 0.29) is 5.54 Å². The van der Waals surface area contributed by atoms with Gasteiger partial charge in [0.2, 0.25) is 0 Å². The number of hydrogen-bond acceptors (Lipinski definition) is 3. The zero-order valence-corrected chi connectivity index (χ0v) is 9.71. The third-order valence-electron chi connectivity index (χ3n) is 2.07. The van der Waals surface area contributed by atoms with Crippen LogP contribution in [0.1, 0.15) is 19.4 Å². The van der Waals surface area contributed by atoms with E-state index in [2.05, 4.69) is 17.4 Å². The van der Waals surface area contributed by atoms with E-state index in [0.717, 1.165) is 18.8 Å². The van der Waals surface area contributed by atoms with Crippen molar-refractivity contribution in [3.05, 3.63) is 29.8 Å². The Kier molecular flexibility index (Phi) is 4.12. The molecular weight excluding hydrogens is 188 g/mol. The van der Waals surface area contributed by atoms with Crippen molar-refractivity contribution in [3.8, 4) is 5.75 Å². The van der Waals surface area contributed by atoms with Gasteiger partial charge in [-0.15, -0.1) is 0 Å². The number of hydrogen-bond donors (Lipinski definition) is 2. The largest absolute Gasteiger partial charge is 0.497 e. The maximum absolute atomic E-state index is 5.86. The number of methoxy groups -OCH3 is 1. The van der Waals surface area contributed by atoms with Gasteiger partial charge >= 0.3 is 0 Å². The fourth-order valence-corrected chi connectivity index (χ4v) is 1.27. The minimum absolute atomic E-state index is 0.160. The summed E-state index contributed by atoms with van der Waals surface area (Å²) < 4.78 is 5.09. The molecule has 0 aliphatic carbocycles. The summed E-state index contributed by atoms with van der Waals surface area (Å²) in [5.74, 6) is 0.887. The van der Waals surface area contributed by atoms with Crippen molar-refractivity contribution in [3.63, 3.8) is 0 Å². The van der Waals surface area contributed by atoms with Crippen molar-refractivity contribution < 1.29 is 4.74 Å². The smallest absolute Gasteiger partial charge is 0.118 e. The lowest BCUT2D eigenvalue weighted by Crippen LogP contribution is -2.42. The topological polar surface area (TPSA) is 47.3 Å². The number of ether oxygens (including phenoxy) is 1. The maximum atomic E-state index is 5.86. The summed E-state index contributed by atoms with van der Waals surface area (Å²) in [4.78, 5) is 0. The highest BCUT2D eigenvalue weighted by Crippen LogP contribution is 2.10. The van der Waals surface area contributed by atoms with Gasteiger partial charge < -0.3 is 15.8 Å². The summed E-state index contributed by atoms with van der Waals surface area (Å²) in [6.07, 6.45) is 0. The molecule has 0 unspecified atom stereocenters. The first-order valence-corrected chi connectivity index (χ1v) is 5.14. The highest BCUT2D eigenvalue weighted by molar-refractivity contribution is 5.26. The lowest BCUT2D eigenvalue weighted by Gasteiger charge is -2.18. The second-order valence-corrected chi connectivity index (χ2v) is 4.44. The first kappa shape index (κ1) is 12.0. The van der Waals surface area contributed by atoms with Crippen LogP contribution in [0.3, 0.4) is 0 Å². The molecule has 0 aromatic heterocycles. The Morgan fingerprint density at radius 3 is 2.33 bits per heavy atom. The van der Waals surface area contributed by atoms with Crippen LogP contribution in [0.5, 0.6) is 5.75 Å². The van der Waals surface area contributed by atoms with E-state index < -0.39 is 0 Å². The molecule has 84 valence electrons. The van der Waals surface area contributed by atoms with Crippen molar-refractivity contribution in [1.82, 2.24) is 5.32 Å². The molecule has 0 aliphatic rings. The van der Waals surface area contributed by atoms with Gasteiger partial charge in [0, 0.05) is 18.6 Å². The van der Waals surface area contributed by atoms with Crippen molar-refractivity contribution in [2.24, 2.45) is 5.73 Å². The van der Waals surface area contributed by atoms with Gasteiger partial charge in [-0.1, -0.05) is 12.1 Å². The Hall–Kier alpha value is -1.06. The third kappa shape index (κ3) is 4.81. The zero-order valence-electron chi connectivity index (χ0n) is 9.71. The van der Waals surface area contributed by atoms with Gasteiger partial charge in [0.1, 0.15) is 5.75 Å². The quantitative estimate of drug-likeness (QED) is 0.771. The van der Waals surface area contributed by atoms with Crippen LogP contribution in [0, 0.1) is 0 Å². The predicted molar refractivity (Wildman–Crippen MR) is 63.0 cm³/mol. The van der Waals surface area contributed by atoms with Gasteiger partial charge in [-0.05, 0) is 31.5 Å². The van der Waals surface area contributed by atoms with Crippen LogP contribution < -0.4 is 15.8 Å². The van der Waals surface area contributed by atoms with Crippen molar-refractivity contribution >= 4 is 0 Å². The molecule has 0 bridgehead atoms. The Bertz CT molecular complexity index is 287. The van der Waals surface area contributed by atoms with Crippen LogP contribution in [-0.2, 0) is 6.54 Å². The van der Waals surface area contributed by atoms with E-state index in [0.29, 0.717) is 0 Å². The van der Waals surface area contributed by atoms with Gasteiger partial charge in [0.05, 0.1) is 7.11 Å². The van der Waals surface area contributed by atoms with Crippen LogP contribution >= 0.6 is 0 Å². The summed E-state index contributed by atoms with van der Waals surface area (Å²) in [5.41, 5.74) is 6.94. The van der Waals surface area contributed by atoms with Gasteiger partial charge in [0.15, 0.2) is 0 Å². The first-order chi connectivity index (χ1) is 7.01. The molecule has 0 heterocycles. The fraction of sp³-hybridized carbons (Fsp3) is 0.500. The van der Waals surface area contributed by atoms with E-state index >= 15 is 0 Å². The summed E-state index contributed by atoms with van der Waals surface area (Å²) in [5, 5.41) is 3.31. The molecule has 0 spiro atoms. The maximum Gasteiger partial charge on any atom is 0.118 e. The molecule has 0 amide bonds. The number of nitrogens with two attached hydrogens (primary N) is 1. The predicted octanol–water partition coefficient (Wildman–Crippen LogP) is 1.52. The molecule has 1 rings (SSSR count). The fourth-order valence-electron chi connectivity index (χ4n) is 1.27. The monoisotopic (exact) mass is 208 g/mol. The molecule has 0 aliphatic heterocycles. The summed E-state index contributed by atoms with van der Waals surface area (Å²) >= 11 is 0. The van der Waals surface area contributed by atoms with Crippen LogP contribution in [0.2, 0.25) is 0 Å². The number of rotatable bonds is 5. The Morgan fingerprint density at radius 1 is 1.27 bits per heavy atom. The van der Waals surface area contributed by atoms with E-state index in [4.69, 9.17) is 10.5 Å². The van der Waals surface area contributed by atoms with Crippen molar-refractivity contribution in [2.75, 3.05) is 13.7 Å². The molecule has 0 saturated carbocycles. The molecule has 3 nitrogen and oxygen atoms in total. The molecule has 0 atom stereocenters. The molecule has 0 fully saturated rings. The van der Waals surface area contributed by atoms with Gasteiger partial charge in [-0.3, -0.25) is 0 Å². The second-order valence-electron chi connectivity index (χ2n) is 4.44. The Morgan fingerprint density at radius 2 is 1.87 bits per heavy atom. The Labute approximate surface area is 91.6 Å². The average molecular weight is 208 g/mol. The van der Waals surface area contributed by atoms with Crippen LogP contribution in [0.15, 0.2) is 24.3 Å². The van der Waals surface area contributed by atoms with Crippen LogP contribution in [0.4, 0.5) is 0 Å². The average Bonchev–Trinajstić information content (AvgIpc) is 2.17. The molecule has 3 heteroatoms. The summed E-state index contributed by atoms with van der Waals surface area (Å²) in [6, 6.07) is 8.03. The first-order valence-electron chi connectivity index (χ1n) is 5.14. The highest BCUT2D eigenvalue weighted by atomic mass is 16.5. The van der Waals surface area contributed by atoms with E-state index in [9.17, 15) is 0 Å². The molecule has 1 aromatic rings. The lowest BCUT2D eigenvalue weighted by atomic mass is 10.1. The molecule has 3 N–H and O–H groups in total. The lowest BCUT2D eigenvalue weighted by molar-refractivity contribution is 0.414. The SMILES string of the molecule is COc1ccc(CNCC(C)(C)N)cc1. The molecule has 0 radical (unpaired) electrons. The number of nitrogens with one attached hydrogen (secondary N) is 1. The van der Waals surface area contributed by atoms with E-state index in [1.165, 1.54) is 5.56 Å². The summed E-state index contributed by atoms with van der Waals surface area (Å²) in [6.45, 7) is 5.66. The van der Waals surface area contributed by atoms with Gasteiger partial charge in [-0.25, -0.2) is 0 Å². The van der Waals surface area contributed by atoms with Gasteiger partial charge in [0.25, 0.3) is 0 Å². The van der Waals surface area contributed by atoms with Crippen LogP contribution in [0.25, 0.3) is 0 Å². The second kappa shape index (κ2) is 5.14. The third-order valence-corrected chi connectivity index (χ3v) is 2.07. The molecule has 15 heavy (non-hydrogen) atoms. The normalized spacial score (nSPS) is 11.5. The standard InChI is InChI=1S/C12H20N2O/c1-12(2,13)9-14-8-10-4-6-11(15-3)7-5-10/h4-7,14H,8-9,13H2,1-3H3. The minimum atomic E-state index is -0.160. The molecular formula is C12H20N2O. The molecule has 1 aromatic carbocycles. The van der Waals surface area contributed by atoms with E-state index in [1.54, 1.807) is 7.11 Å². The summed E-state index contributed by atoms with van der Waals surface area (Å²) in [7, 11) is 1.67.